The topological polar surface area (TPSA) is 44.5 Å². The standard InChI is InChI=1S/C14H21NO2/c1-11-9-14(17-3)12(10-13(11)16-2)7-5-4-6-8-15/h5,7,9-10H,4,6,8,15H2,1-3H3/b7-5+. The van der Waals surface area contributed by atoms with Crippen molar-refractivity contribution in [1.82, 2.24) is 0 Å². The molecule has 3 nitrogen and oxygen atoms in total. The molecule has 94 valence electrons. The third kappa shape index (κ3) is 3.79. The Labute approximate surface area is 103 Å². The van der Waals surface area contributed by atoms with E-state index in [0.29, 0.717) is 0 Å². The molecule has 0 aliphatic rings. The van der Waals surface area contributed by atoms with Crippen molar-refractivity contribution in [2.75, 3.05) is 20.8 Å². The summed E-state index contributed by atoms with van der Waals surface area (Å²) >= 11 is 0. The normalized spacial score (nSPS) is 10.8. The Kier molecular flexibility index (Phi) is 5.57. The average molecular weight is 235 g/mol. The van der Waals surface area contributed by atoms with Crippen molar-refractivity contribution in [2.24, 2.45) is 5.73 Å². The van der Waals surface area contributed by atoms with E-state index in [0.717, 1.165) is 42.0 Å². The van der Waals surface area contributed by atoms with E-state index in [2.05, 4.69) is 12.2 Å². The number of nitrogens with two attached hydrogens (primary N) is 1. The van der Waals surface area contributed by atoms with Gasteiger partial charge in [-0.1, -0.05) is 12.2 Å². The maximum atomic E-state index is 5.45. The summed E-state index contributed by atoms with van der Waals surface area (Å²) < 4.78 is 10.7. The zero-order valence-electron chi connectivity index (χ0n) is 10.8. The van der Waals surface area contributed by atoms with Gasteiger partial charge in [-0.3, -0.25) is 0 Å². The number of benzene rings is 1. The average Bonchev–Trinajstić information content (AvgIpc) is 2.35. The molecule has 0 radical (unpaired) electrons. The Morgan fingerprint density at radius 2 is 1.88 bits per heavy atom. The highest BCUT2D eigenvalue weighted by Gasteiger charge is 2.05. The molecule has 0 atom stereocenters. The number of ether oxygens (including phenoxy) is 2. The largest absolute Gasteiger partial charge is 0.496 e. The first-order chi connectivity index (χ1) is 8.22. The van der Waals surface area contributed by atoms with Crippen molar-refractivity contribution in [2.45, 2.75) is 19.8 Å². The molecule has 1 aromatic carbocycles. The molecule has 0 aliphatic carbocycles. The molecule has 0 amide bonds. The van der Waals surface area contributed by atoms with Gasteiger partial charge in [0, 0.05) is 5.56 Å². The molecule has 17 heavy (non-hydrogen) atoms. The van der Waals surface area contributed by atoms with E-state index >= 15 is 0 Å². The number of aryl methyl sites for hydroxylation is 1. The Morgan fingerprint density at radius 3 is 2.47 bits per heavy atom. The summed E-state index contributed by atoms with van der Waals surface area (Å²) in [5.74, 6) is 1.75. The SMILES string of the molecule is COc1cc(/C=C/CCCN)c(OC)cc1C. The fourth-order valence-electron chi connectivity index (χ4n) is 1.65. The molecule has 3 heteroatoms. The molecule has 0 heterocycles. The molecular formula is C14H21NO2. The van der Waals surface area contributed by atoms with Crippen molar-refractivity contribution < 1.29 is 9.47 Å². The van der Waals surface area contributed by atoms with Crippen LogP contribution in [-0.4, -0.2) is 20.8 Å². The highest BCUT2D eigenvalue weighted by Crippen LogP contribution is 2.29. The molecule has 0 aromatic heterocycles. The van der Waals surface area contributed by atoms with Crippen LogP contribution in [-0.2, 0) is 0 Å². The highest BCUT2D eigenvalue weighted by atomic mass is 16.5. The predicted molar refractivity (Wildman–Crippen MR) is 71.6 cm³/mol. The number of hydrogen-bond donors (Lipinski definition) is 1. The van der Waals surface area contributed by atoms with E-state index in [1.54, 1.807) is 14.2 Å². The minimum atomic E-state index is 0.721. The van der Waals surface area contributed by atoms with Gasteiger partial charge in [0.25, 0.3) is 0 Å². The molecule has 0 saturated heterocycles. The maximum absolute atomic E-state index is 5.45. The van der Waals surface area contributed by atoms with E-state index in [-0.39, 0.29) is 0 Å². The Morgan fingerprint density at radius 1 is 1.18 bits per heavy atom. The quantitative estimate of drug-likeness (QED) is 0.771. The molecule has 0 aliphatic heterocycles. The van der Waals surface area contributed by atoms with E-state index < -0.39 is 0 Å². The Balaban J connectivity index is 2.92. The van der Waals surface area contributed by atoms with Crippen LogP contribution in [0.15, 0.2) is 18.2 Å². The summed E-state index contributed by atoms with van der Waals surface area (Å²) in [6, 6.07) is 3.98. The van der Waals surface area contributed by atoms with Gasteiger partial charge in [0.15, 0.2) is 0 Å². The van der Waals surface area contributed by atoms with Crippen LogP contribution in [0.5, 0.6) is 11.5 Å². The van der Waals surface area contributed by atoms with Gasteiger partial charge in [-0.25, -0.2) is 0 Å². The van der Waals surface area contributed by atoms with Gasteiger partial charge in [0.2, 0.25) is 0 Å². The van der Waals surface area contributed by atoms with E-state index in [4.69, 9.17) is 15.2 Å². The molecule has 0 unspecified atom stereocenters. The van der Waals surface area contributed by atoms with Crippen molar-refractivity contribution >= 4 is 6.08 Å². The van der Waals surface area contributed by atoms with Crippen molar-refractivity contribution in [3.8, 4) is 11.5 Å². The lowest BCUT2D eigenvalue weighted by atomic mass is 10.1. The highest BCUT2D eigenvalue weighted by molar-refractivity contribution is 5.61. The van der Waals surface area contributed by atoms with Crippen LogP contribution < -0.4 is 15.2 Å². The summed E-state index contributed by atoms with van der Waals surface area (Å²) in [6.45, 7) is 2.72. The number of methoxy groups -OCH3 is 2. The van der Waals surface area contributed by atoms with Crippen LogP contribution in [0.1, 0.15) is 24.0 Å². The van der Waals surface area contributed by atoms with Crippen LogP contribution >= 0.6 is 0 Å². The molecule has 1 rings (SSSR count). The van der Waals surface area contributed by atoms with Gasteiger partial charge in [0.05, 0.1) is 14.2 Å². The van der Waals surface area contributed by atoms with Crippen LogP contribution in [0.3, 0.4) is 0 Å². The van der Waals surface area contributed by atoms with Gasteiger partial charge in [-0.05, 0) is 44.0 Å². The lowest BCUT2D eigenvalue weighted by Crippen LogP contribution is -1.96. The summed E-state index contributed by atoms with van der Waals surface area (Å²) in [7, 11) is 3.36. The number of rotatable bonds is 6. The molecule has 0 saturated carbocycles. The van der Waals surface area contributed by atoms with Gasteiger partial charge in [0.1, 0.15) is 11.5 Å². The van der Waals surface area contributed by atoms with Crippen LogP contribution in [0.4, 0.5) is 0 Å². The summed E-state index contributed by atoms with van der Waals surface area (Å²) in [5, 5.41) is 0. The van der Waals surface area contributed by atoms with Gasteiger partial charge >= 0.3 is 0 Å². The maximum Gasteiger partial charge on any atom is 0.126 e. The molecule has 0 fully saturated rings. The number of unbranched alkanes of at least 4 members (excludes halogenated alkanes) is 1. The first-order valence-corrected chi connectivity index (χ1v) is 5.82. The molecule has 0 spiro atoms. The third-order valence-electron chi connectivity index (χ3n) is 2.62. The third-order valence-corrected chi connectivity index (χ3v) is 2.62. The van der Waals surface area contributed by atoms with Crippen LogP contribution in [0.25, 0.3) is 6.08 Å². The van der Waals surface area contributed by atoms with Gasteiger partial charge in [-0.2, -0.15) is 0 Å². The summed E-state index contributed by atoms with van der Waals surface area (Å²) in [6.07, 6.45) is 6.15. The number of allylic oxidation sites excluding steroid dienone is 1. The lowest BCUT2D eigenvalue weighted by molar-refractivity contribution is 0.400. The van der Waals surface area contributed by atoms with Crippen molar-refractivity contribution in [1.29, 1.82) is 0 Å². The fourth-order valence-corrected chi connectivity index (χ4v) is 1.65. The molecule has 0 bridgehead atoms. The minimum Gasteiger partial charge on any atom is -0.496 e. The zero-order chi connectivity index (χ0) is 12.7. The smallest absolute Gasteiger partial charge is 0.126 e. The van der Waals surface area contributed by atoms with Crippen molar-refractivity contribution in [3.63, 3.8) is 0 Å². The zero-order valence-corrected chi connectivity index (χ0v) is 10.8. The van der Waals surface area contributed by atoms with Gasteiger partial charge in [-0.15, -0.1) is 0 Å². The Bertz CT molecular complexity index is 386. The van der Waals surface area contributed by atoms with E-state index in [1.165, 1.54) is 0 Å². The minimum absolute atomic E-state index is 0.721. The van der Waals surface area contributed by atoms with Crippen molar-refractivity contribution in [3.05, 3.63) is 29.3 Å². The predicted octanol–water partition coefficient (Wildman–Crippen LogP) is 2.76. The summed E-state index contributed by atoms with van der Waals surface area (Å²) in [5.41, 5.74) is 7.56. The first kappa shape index (κ1) is 13.6. The second kappa shape index (κ2) is 6.97. The molecule has 1 aromatic rings. The van der Waals surface area contributed by atoms with Crippen LogP contribution in [0, 0.1) is 6.92 Å². The molecular weight excluding hydrogens is 214 g/mol. The lowest BCUT2D eigenvalue weighted by Gasteiger charge is -2.10. The van der Waals surface area contributed by atoms with E-state index in [9.17, 15) is 0 Å². The first-order valence-electron chi connectivity index (χ1n) is 5.82. The number of hydrogen-bond acceptors (Lipinski definition) is 3. The van der Waals surface area contributed by atoms with E-state index in [1.807, 2.05) is 19.1 Å². The Hall–Kier alpha value is -1.48. The van der Waals surface area contributed by atoms with Gasteiger partial charge < -0.3 is 15.2 Å². The molecule has 2 N–H and O–H groups in total. The summed E-state index contributed by atoms with van der Waals surface area (Å²) in [4.78, 5) is 0. The second-order valence-electron chi connectivity index (χ2n) is 3.90. The second-order valence-corrected chi connectivity index (χ2v) is 3.90. The monoisotopic (exact) mass is 235 g/mol. The fraction of sp³-hybridized carbons (Fsp3) is 0.429. The van der Waals surface area contributed by atoms with Crippen LogP contribution in [0.2, 0.25) is 0 Å².